The van der Waals surface area contributed by atoms with Gasteiger partial charge in [-0.25, -0.2) is 4.98 Å². The van der Waals surface area contributed by atoms with E-state index in [1.165, 1.54) is 0 Å². The molecule has 0 saturated heterocycles. The maximum atomic E-state index is 5.98. The van der Waals surface area contributed by atoms with Crippen LogP contribution in [0, 0.1) is 0 Å². The molecule has 2 rings (SSSR count). The largest absolute Gasteiger partial charge is 0.235 e. The topological polar surface area (TPSA) is 12.9 Å². The molecule has 1 heterocycles. The second-order valence-corrected chi connectivity index (χ2v) is 4.30. The molecule has 13 heavy (non-hydrogen) atoms. The fraction of sp³-hybridized carbons (Fsp3) is 0. The SMILES string of the molecule is Clc1ccc2cc(Br)cc(Cl)c2n1. The Bertz CT molecular complexity index is 470. The minimum atomic E-state index is 0.455. The summed E-state index contributed by atoms with van der Waals surface area (Å²) in [6, 6.07) is 7.38. The predicted octanol–water partition coefficient (Wildman–Crippen LogP) is 4.30. The van der Waals surface area contributed by atoms with Crippen LogP contribution in [0.1, 0.15) is 0 Å². The molecule has 0 N–H and O–H groups in total. The highest BCUT2D eigenvalue weighted by molar-refractivity contribution is 9.10. The molecule has 0 bridgehead atoms. The Balaban J connectivity index is 2.87. The third-order valence-electron chi connectivity index (χ3n) is 1.68. The van der Waals surface area contributed by atoms with Crippen molar-refractivity contribution >= 4 is 50.0 Å². The van der Waals surface area contributed by atoms with Gasteiger partial charge in [0.1, 0.15) is 5.15 Å². The second-order valence-electron chi connectivity index (χ2n) is 2.59. The van der Waals surface area contributed by atoms with Crippen LogP contribution in [0.4, 0.5) is 0 Å². The van der Waals surface area contributed by atoms with Crippen LogP contribution in [0.25, 0.3) is 10.9 Å². The highest BCUT2D eigenvalue weighted by Gasteiger charge is 2.02. The van der Waals surface area contributed by atoms with Crippen LogP contribution in [0.15, 0.2) is 28.7 Å². The lowest BCUT2D eigenvalue weighted by atomic mass is 10.2. The van der Waals surface area contributed by atoms with Gasteiger partial charge in [-0.05, 0) is 24.3 Å². The summed E-state index contributed by atoms with van der Waals surface area (Å²) >= 11 is 15.1. The minimum Gasteiger partial charge on any atom is -0.235 e. The van der Waals surface area contributed by atoms with Crippen molar-refractivity contribution in [1.82, 2.24) is 4.98 Å². The average molecular weight is 277 g/mol. The normalized spacial score (nSPS) is 10.7. The van der Waals surface area contributed by atoms with E-state index >= 15 is 0 Å². The number of rotatable bonds is 0. The minimum absolute atomic E-state index is 0.455. The van der Waals surface area contributed by atoms with Gasteiger partial charge in [-0.15, -0.1) is 0 Å². The van der Waals surface area contributed by atoms with E-state index in [1.54, 1.807) is 12.1 Å². The number of nitrogens with zero attached hydrogens (tertiary/aromatic N) is 1. The maximum Gasteiger partial charge on any atom is 0.129 e. The summed E-state index contributed by atoms with van der Waals surface area (Å²) in [6.07, 6.45) is 0. The van der Waals surface area contributed by atoms with Crippen molar-refractivity contribution in [2.45, 2.75) is 0 Å². The van der Waals surface area contributed by atoms with Gasteiger partial charge in [0.05, 0.1) is 10.5 Å². The van der Waals surface area contributed by atoms with E-state index in [0.29, 0.717) is 10.2 Å². The fourth-order valence-corrected chi connectivity index (χ4v) is 2.16. The maximum absolute atomic E-state index is 5.98. The smallest absolute Gasteiger partial charge is 0.129 e. The average Bonchev–Trinajstić information content (AvgIpc) is 2.06. The zero-order valence-corrected chi connectivity index (χ0v) is 9.49. The number of halogens is 3. The molecule has 1 aromatic carbocycles. The first kappa shape index (κ1) is 9.25. The number of fused-ring (bicyclic) bond motifs is 1. The van der Waals surface area contributed by atoms with E-state index < -0.39 is 0 Å². The molecular formula is C9H4BrCl2N. The van der Waals surface area contributed by atoms with Crippen LogP contribution in [-0.2, 0) is 0 Å². The van der Waals surface area contributed by atoms with Crippen LogP contribution < -0.4 is 0 Å². The molecule has 0 amide bonds. The van der Waals surface area contributed by atoms with Crippen LogP contribution in [0.2, 0.25) is 10.2 Å². The Kier molecular flexibility index (Phi) is 2.45. The summed E-state index contributed by atoms with van der Waals surface area (Å²) in [5, 5.41) is 2.03. The van der Waals surface area contributed by atoms with Gasteiger partial charge in [0, 0.05) is 9.86 Å². The van der Waals surface area contributed by atoms with E-state index in [0.717, 1.165) is 15.4 Å². The first-order valence-corrected chi connectivity index (χ1v) is 5.13. The lowest BCUT2D eigenvalue weighted by Crippen LogP contribution is -1.81. The third kappa shape index (κ3) is 1.80. The quantitative estimate of drug-likeness (QED) is 0.654. The van der Waals surface area contributed by atoms with E-state index in [9.17, 15) is 0 Å². The standard InChI is InChI=1S/C9H4BrCl2N/c10-6-3-5-1-2-8(12)13-9(5)7(11)4-6/h1-4H. The van der Waals surface area contributed by atoms with Gasteiger partial charge in [0.2, 0.25) is 0 Å². The molecule has 1 nitrogen and oxygen atoms in total. The Morgan fingerprint density at radius 1 is 1.15 bits per heavy atom. The molecule has 0 unspecified atom stereocenters. The van der Waals surface area contributed by atoms with Crippen molar-refractivity contribution in [3.63, 3.8) is 0 Å². The van der Waals surface area contributed by atoms with Crippen molar-refractivity contribution in [3.8, 4) is 0 Å². The molecule has 0 aliphatic carbocycles. The van der Waals surface area contributed by atoms with Gasteiger partial charge in [-0.3, -0.25) is 0 Å². The number of hydrogen-bond donors (Lipinski definition) is 0. The third-order valence-corrected chi connectivity index (χ3v) is 2.63. The first-order chi connectivity index (χ1) is 6.16. The highest BCUT2D eigenvalue weighted by atomic mass is 79.9. The number of aromatic nitrogens is 1. The van der Waals surface area contributed by atoms with Gasteiger partial charge in [0.15, 0.2) is 0 Å². The molecule has 0 saturated carbocycles. The van der Waals surface area contributed by atoms with Crippen LogP contribution in [0.3, 0.4) is 0 Å². The summed E-state index contributed by atoms with van der Waals surface area (Å²) in [7, 11) is 0. The number of pyridine rings is 1. The molecule has 1 aromatic heterocycles. The molecule has 0 radical (unpaired) electrons. The second kappa shape index (κ2) is 3.45. The summed E-state index contributed by atoms with van der Waals surface area (Å²) in [4.78, 5) is 4.13. The molecule has 0 fully saturated rings. The van der Waals surface area contributed by atoms with Crippen molar-refractivity contribution in [3.05, 3.63) is 38.9 Å². The van der Waals surface area contributed by atoms with Crippen molar-refractivity contribution in [2.75, 3.05) is 0 Å². The van der Waals surface area contributed by atoms with Crippen LogP contribution in [0.5, 0.6) is 0 Å². The lowest BCUT2D eigenvalue weighted by Gasteiger charge is -2.00. The summed E-state index contributed by atoms with van der Waals surface area (Å²) < 4.78 is 0.939. The van der Waals surface area contributed by atoms with E-state index in [2.05, 4.69) is 20.9 Å². The predicted molar refractivity (Wildman–Crippen MR) is 59.5 cm³/mol. The monoisotopic (exact) mass is 275 g/mol. The van der Waals surface area contributed by atoms with Gasteiger partial charge in [0.25, 0.3) is 0 Å². The zero-order valence-electron chi connectivity index (χ0n) is 6.39. The van der Waals surface area contributed by atoms with Crippen molar-refractivity contribution in [2.24, 2.45) is 0 Å². The summed E-state index contributed by atoms with van der Waals surface area (Å²) in [6.45, 7) is 0. The van der Waals surface area contributed by atoms with Gasteiger partial charge in [-0.2, -0.15) is 0 Å². The molecule has 2 aromatic rings. The molecule has 0 aliphatic rings. The van der Waals surface area contributed by atoms with E-state index in [-0.39, 0.29) is 0 Å². The molecule has 4 heteroatoms. The fourth-order valence-electron chi connectivity index (χ4n) is 1.13. The number of hydrogen-bond acceptors (Lipinski definition) is 1. The van der Waals surface area contributed by atoms with Crippen molar-refractivity contribution in [1.29, 1.82) is 0 Å². The zero-order chi connectivity index (χ0) is 9.42. The Hall–Kier alpha value is -0.310. The molecule has 0 aliphatic heterocycles. The Morgan fingerprint density at radius 3 is 2.69 bits per heavy atom. The molecule has 0 spiro atoms. The summed E-state index contributed by atoms with van der Waals surface area (Å²) in [5.74, 6) is 0. The van der Waals surface area contributed by atoms with Crippen molar-refractivity contribution < 1.29 is 0 Å². The van der Waals surface area contributed by atoms with Gasteiger partial charge < -0.3 is 0 Å². The molecule has 66 valence electrons. The highest BCUT2D eigenvalue weighted by Crippen LogP contribution is 2.27. The van der Waals surface area contributed by atoms with Gasteiger partial charge in [-0.1, -0.05) is 39.1 Å². The van der Waals surface area contributed by atoms with E-state index in [1.807, 2.05) is 12.1 Å². The Morgan fingerprint density at radius 2 is 1.92 bits per heavy atom. The molecular weight excluding hydrogens is 273 g/mol. The van der Waals surface area contributed by atoms with Crippen LogP contribution >= 0.6 is 39.1 Å². The first-order valence-electron chi connectivity index (χ1n) is 3.58. The van der Waals surface area contributed by atoms with Crippen LogP contribution in [-0.4, -0.2) is 4.98 Å². The van der Waals surface area contributed by atoms with Gasteiger partial charge >= 0.3 is 0 Å². The molecule has 0 atom stereocenters. The lowest BCUT2D eigenvalue weighted by molar-refractivity contribution is 1.41. The van der Waals surface area contributed by atoms with E-state index in [4.69, 9.17) is 23.2 Å². The summed E-state index contributed by atoms with van der Waals surface area (Å²) in [5.41, 5.74) is 0.734. The number of benzene rings is 1. The Labute approximate surface area is 93.8 Å².